The number of hydrogen-bond acceptors (Lipinski definition) is 4. The van der Waals surface area contributed by atoms with E-state index < -0.39 is 16.9 Å². The molecule has 1 heterocycles. The molecular weight excluding hydrogens is 294 g/mol. The van der Waals surface area contributed by atoms with Gasteiger partial charge in [0.1, 0.15) is 12.1 Å². The number of imide groups is 1. The summed E-state index contributed by atoms with van der Waals surface area (Å²) in [7, 11) is 0. The minimum absolute atomic E-state index is 0.0777. The summed E-state index contributed by atoms with van der Waals surface area (Å²) >= 11 is 0. The number of carbonyl (C=O) groups excluding carboxylic acids is 3. The highest BCUT2D eigenvalue weighted by Gasteiger charge is 2.52. The van der Waals surface area contributed by atoms with Gasteiger partial charge in [0.25, 0.3) is 0 Å². The highest BCUT2D eigenvalue weighted by Crippen LogP contribution is 2.45. The van der Waals surface area contributed by atoms with Gasteiger partial charge in [0.05, 0.1) is 11.5 Å². The lowest BCUT2D eigenvalue weighted by atomic mass is 9.73. The highest BCUT2D eigenvalue weighted by atomic mass is 16.2. The number of amides is 3. The van der Waals surface area contributed by atoms with Crippen LogP contribution >= 0.6 is 0 Å². The molecule has 23 heavy (non-hydrogen) atoms. The van der Waals surface area contributed by atoms with Gasteiger partial charge in [-0.3, -0.25) is 19.3 Å². The molecular formula is C17H25N3O3. The van der Waals surface area contributed by atoms with Crippen LogP contribution in [0.15, 0.2) is 0 Å². The fraction of sp³-hybridized carbons (Fsp3) is 0.765. The zero-order valence-electron chi connectivity index (χ0n) is 14.1. The molecule has 0 bridgehead atoms. The van der Waals surface area contributed by atoms with E-state index in [1.54, 1.807) is 6.92 Å². The summed E-state index contributed by atoms with van der Waals surface area (Å²) in [5, 5.41) is 11.9. The van der Waals surface area contributed by atoms with Gasteiger partial charge in [0.2, 0.25) is 17.7 Å². The third kappa shape index (κ3) is 3.24. The van der Waals surface area contributed by atoms with Crippen molar-refractivity contribution in [2.45, 2.75) is 64.8 Å². The van der Waals surface area contributed by atoms with Crippen LogP contribution in [0, 0.1) is 22.7 Å². The van der Waals surface area contributed by atoms with Gasteiger partial charge in [-0.25, -0.2) is 0 Å². The molecule has 0 aromatic rings. The summed E-state index contributed by atoms with van der Waals surface area (Å²) in [5.41, 5.74) is -1.59. The van der Waals surface area contributed by atoms with Gasteiger partial charge >= 0.3 is 0 Å². The molecule has 2 fully saturated rings. The summed E-state index contributed by atoms with van der Waals surface area (Å²) < 4.78 is 0. The van der Waals surface area contributed by atoms with E-state index in [2.05, 4.69) is 11.4 Å². The fourth-order valence-electron chi connectivity index (χ4n) is 3.41. The van der Waals surface area contributed by atoms with Crippen molar-refractivity contribution in [3.63, 3.8) is 0 Å². The van der Waals surface area contributed by atoms with Crippen LogP contribution in [0.25, 0.3) is 0 Å². The summed E-state index contributed by atoms with van der Waals surface area (Å²) in [6, 6.07) is 2.09. The summed E-state index contributed by atoms with van der Waals surface area (Å²) in [6.45, 7) is 5.04. The van der Waals surface area contributed by atoms with E-state index >= 15 is 0 Å². The number of rotatable bonds is 4. The van der Waals surface area contributed by atoms with Crippen molar-refractivity contribution in [1.29, 1.82) is 5.26 Å². The topological polar surface area (TPSA) is 90.3 Å². The molecule has 0 aromatic heterocycles. The summed E-state index contributed by atoms with van der Waals surface area (Å²) in [5.74, 6) is -1.01. The molecule has 0 radical (unpaired) electrons. The van der Waals surface area contributed by atoms with E-state index in [-0.39, 0.29) is 30.7 Å². The van der Waals surface area contributed by atoms with Crippen LogP contribution in [-0.2, 0) is 14.4 Å². The summed E-state index contributed by atoms with van der Waals surface area (Å²) in [4.78, 5) is 38.2. The molecule has 1 aliphatic carbocycles. The van der Waals surface area contributed by atoms with E-state index in [1.807, 2.05) is 13.8 Å². The van der Waals surface area contributed by atoms with Crippen molar-refractivity contribution in [2.75, 3.05) is 6.54 Å². The fourth-order valence-corrected chi connectivity index (χ4v) is 3.41. The average molecular weight is 319 g/mol. The first-order valence-electron chi connectivity index (χ1n) is 8.31. The van der Waals surface area contributed by atoms with Gasteiger partial charge in [-0.2, -0.15) is 5.26 Å². The van der Waals surface area contributed by atoms with E-state index in [9.17, 15) is 19.6 Å². The van der Waals surface area contributed by atoms with Crippen LogP contribution < -0.4 is 5.32 Å². The Bertz CT molecular complexity index is 558. The molecule has 126 valence electrons. The second-order valence-corrected chi connectivity index (χ2v) is 7.32. The molecule has 1 atom stereocenters. The monoisotopic (exact) mass is 319 g/mol. The van der Waals surface area contributed by atoms with Crippen LogP contribution in [0.4, 0.5) is 0 Å². The van der Waals surface area contributed by atoms with Crippen LogP contribution in [0.5, 0.6) is 0 Å². The molecule has 1 saturated carbocycles. The molecule has 1 N–H and O–H groups in total. The Balaban J connectivity index is 2.05. The van der Waals surface area contributed by atoms with E-state index in [0.717, 1.165) is 37.0 Å². The number of nitrogens with one attached hydrogen (secondary N) is 1. The van der Waals surface area contributed by atoms with Crippen LogP contribution in [0.1, 0.15) is 59.3 Å². The van der Waals surface area contributed by atoms with E-state index in [1.165, 1.54) is 0 Å². The number of nitrogens with zero attached hydrogens (tertiary/aromatic N) is 2. The molecule has 3 amide bonds. The molecule has 1 saturated heterocycles. The van der Waals surface area contributed by atoms with Crippen molar-refractivity contribution >= 4 is 17.7 Å². The molecule has 1 spiro atoms. The van der Waals surface area contributed by atoms with Gasteiger partial charge in [0, 0.05) is 6.42 Å². The number of carbonyl (C=O) groups is 3. The number of nitriles is 1. The quantitative estimate of drug-likeness (QED) is 0.799. The normalized spacial score (nSPS) is 23.0. The summed E-state index contributed by atoms with van der Waals surface area (Å²) in [6.07, 6.45) is 4.70. The maximum absolute atomic E-state index is 12.7. The minimum Gasteiger partial charge on any atom is -0.336 e. The standard InChI is InChI=1S/C17H25N3O3/c1-12(2)16(3,11-18)19-13(21)10-20-14(22)9-17(15(20)23)7-5-4-6-8-17/h12H,4-10H2,1-3H3,(H,19,21). The molecule has 1 aliphatic heterocycles. The Kier molecular flexibility index (Phi) is 4.79. The Morgan fingerprint density at radius 3 is 2.48 bits per heavy atom. The molecule has 2 aliphatic rings. The SMILES string of the molecule is CC(C)C(C)(C#N)NC(=O)CN1C(=O)CC2(CCCCC2)C1=O. The van der Waals surface area contributed by atoms with Crippen LogP contribution in [0.3, 0.4) is 0 Å². The van der Waals surface area contributed by atoms with Gasteiger partial charge in [-0.15, -0.1) is 0 Å². The average Bonchev–Trinajstić information content (AvgIpc) is 2.72. The first kappa shape index (κ1) is 17.5. The van der Waals surface area contributed by atoms with E-state index in [4.69, 9.17) is 0 Å². The van der Waals surface area contributed by atoms with Crippen LogP contribution in [0.2, 0.25) is 0 Å². The van der Waals surface area contributed by atoms with Crippen molar-refractivity contribution in [2.24, 2.45) is 11.3 Å². The van der Waals surface area contributed by atoms with Crippen molar-refractivity contribution < 1.29 is 14.4 Å². The van der Waals surface area contributed by atoms with Crippen LogP contribution in [-0.4, -0.2) is 34.7 Å². The Morgan fingerprint density at radius 2 is 1.96 bits per heavy atom. The lowest BCUT2D eigenvalue weighted by Gasteiger charge is -2.31. The molecule has 2 rings (SSSR count). The van der Waals surface area contributed by atoms with E-state index in [0.29, 0.717) is 0 Å². The van der Waals surface area contributed by atoms with Gasteiger partial charge in [-0.1, -0.05) is 33.1 Å². The number of hydrogen-bond donors (Lipinski definition) is 1. The van der Waals surface area contributed by atoms with Crippen molar-refractivity contribution in [3.8, 4) is 6.07 Å². The number of likely N-dealkylation sites (tertiary alicyclic amines) is 1. The minimum atomic E-state index is -1.01. The molecule has 1 unspecified atom stereocenters. The second kappa shape index (κ2) is 6.31. The third-order valence-corrected chi connectivity index (χ3v) is 5.39. The zero-order valence-corrected chi connectivity index (χ0v) is 14.1. The van der Waals surface area contributed by atoms with Gasteiger partial charge in [-0.05, 0) is 25.7 Å². The molecule has 0 aromatic carbocycles. The maximum Gasteiger partial charge on any atom is 0.241 e. The van der Waals surface area contributed by atoms with Gasteiger partial charge in [0.15, 0.2) is 0 Å². The first-order valence-corrected chi connectivity index (χ1v) is 8.31. The highest BCUT2D eigenvalue weighted by molar-refractivity contribution is 6.08. The lowest BCUT2D eigenvalue weighted by Crippen LogP contribution is -2.52. The Hall–Kier alpha value is -1.90. The van der Waals surface area contributed by atoms with Crippen molar-refractivity contribution in [3.05, 3.63) is 0 Å². The largest absolute Gasteiger partial charge is 0.336 e. The first-order chi connectivity index (χ1) is 10.7. The second-order valence-electron chi connectivity index (χ2n) is 7.32. The van der Waals surface area contributed by atoms with Crippen molar-refractivity contribution in [1.82, 2.24) is 10.2 Å². The smallest absolute Gasteiger partial charge is 0.241 e. The molecule has 6 heteroatoms. The van der Waals surface area contributed by atoms with Gasteiger partial charge < -0.3 is 5.32 Å². The Morgan fingerprint density at radius 1 is 1.35 bits per heavy atom. The maximum atomic E-state index is 12.7. The predicted octanol–water partition coefficient (Wildman–Crippen LogP) is 1.75. The predicted molar refractivity (Wildman–Crippen MR) is 83.9 cm³/mol. The third-order valence-electron chi connectivity index (χ3n) is 5.39. The zero-order chi connectivity index (χ0) is 17.3. The molecule has 6 nitrogen and oxygen atoms in total. The lowest BCUT2D eigenvalue weighted by molar-refractivity contribution is -0.145. The Labute approximate surface area is 137 Å².